The molecule has 0 bridgehead atoms. The Labute approximate surface area is 123 Å². The lowest BCUT2D eigenvalue weighted by Crippen LogP contribution is -2.22. The van der Waals surface area contributed by atoms with Crippen molar-refractivity contribution in [1.82, 2.24) is 15.0 Å². The van der Waals surface area contributed by atoms with Crippen molar-refractivity contribution in [2.45, 2.75) is 12.8 Å². The second-order valence-corrected chi connectivity index (χ2v) is 4.79. The van der Waals surface area contributed by atoms with Gasteiger partial charge in [-0.3, -0.25) is 0 Å². The maximum absolute atomic E-state index is 5.93. The van der Waals surface area contributed by atoms with Crippen LogP contribution in [-0.4, -0.2) is 61.5 Å². The molecule has 0 aromatic carbocycles. The van der Waals surface area contributed by atoms with Gasteiger partial charge in [0.2, 0.25) is 17.2 Å². The van der Waals surface area contributed by atoms with E-state index in [0.29, 0.717) is 38.3 Å². The highest BCUT2D eigenvalue weighted by molar-refractivity contribution is 6.28. The summed E-state index contributed by atoms with van der Waals surface area (Å²) in [6.45, 7) is 4.29. The molecule has 2 rings (SSSR count). The molecule has 0 unspecified atom stereocenters. The van der Waals surface area contributed by atoms with Gasteiger partial charge in [0.25, 0.3) is 0 Å². The summed E-state index contributed by atoms with van der Waals surface area (Å²) in [4.78, 5) is 14.7. The van der Waals surface area contributed by atoms with E-state index in [1.54, 1.807) is 7.11 Å². The van der Waals surface area contributed by atoms with E-state index in [2.05, 4.69) is 25.2 Å². The fourth-order valence-corrected chi connectivity index (χ4v) is 2.11. The summed E-state index contributed by atoms with van der Waals surface area (Å²) in [5, 5.41) is 3.30. The van der Waals surface area contributed by atoms with Crippen LogP contribution in [0.5, 0.6) is 0 Å². The van der Waals surface area contributed by atoms with Crippen molar-refractivity contribution in [2.75, 3.05) is 56.8 Å². The number of hydrogen-bond acceptors (Lipinski definition) is 7. The maximum Gasteiger partial charge on any atom is 0.231 e. The van der Waals surface area contributed by atoms with E-state index in [-0.39, 0.29) is 5.28 Å². The van der Waals surface area contributed by atoms with Crippen LogP contribution in [0.15, 0.2) is 0 Å². The van der Waals surface area contributed by atoms with E-state index in [4.69, 9.17) is 21.1 Å². The summed E-state index contributed by atoms with van der Waals surface area (Å²) in [5.41, 5.74) is 0. The van der Waals surface area contributed by atoms with E-state index in [1.807, 2.05) is 0 Å². The summed E-state index contributed by atoms with van der Waals surface area (Å²) in [5.74, 6) is 1.13. The highest BCUT2D eigenvalue weighted by Gasteiger charge is 2.16. The van der Waals surface area contributed by atoms with Gasteiger partial charge in [0.1, 0.15) is 0 Å². The molecule has 1 aliphatic heterocycles. The minimum absolute atomic E-state index is 0.213. The Bertz CT molecular complexity index is 415. The minimum atomic E-state index is 0.213. The molecule has 8 heteroatoms. The van der Waals surface area contributed by atoms with E-state index in [0.717, 1.165) is 13.1 Å². The fourth-order valence-electron chi connectivity index (χ4n) is 1.96. The molecule has 0 saturated carbocycles. The Morgan fingerprint density at radius 1 is 1.15 bits per heavy atom. The molecule has 0 aliphatic carbocycles. The van der Waals surface area contributed by atoms with Crippen molar-refractivity contribution in [2.24, 2.45) is 0 Å². The zero-order valence-corrected chi connectivity index (χ0v) is 12.4. The summed E-state index contributed by atoms with van der Waals surface area (Å²) < 4.78 is 10.2. The molecule has 1 saturated heterocycles. The lowest BCUT2D eigenvalue weighted by molar-refractivity contribution is 0.0759. The summed E-state index contributed by atoms with van der Waals surface area (Å²) in [6, 6.07) is 0. The molecule has 0 atom stereocenters. The van der Waals surface area contributed by atoms with Crippen LogP contribution in [0.4, 0.5) is 11.9 Å². The van der Waals surface area contributed by atoms with Gasteiger partial charge in [-0.2, -0.15) is 15.0 Å². The SMILES string of the molecule is COCCOCCNc1nc(Cl)nc(N2CCCC2)n1. The number of nitrogens with one attached hydrogen (secondary N) is 1. The molecule has 1 aliphatic rings. The van der Waals surface area contributed by atoms with Crippen LogP contribution >= 0.6 is 11.6 Å². The molecule has 1 fully saturated rings. The number of rotatable bonds is 8. The van der Waals surface area contributed by atoms with Crippen molar-refractivity contribution in [3.8, 4) is 0 Å². The van der Waals surface area contributed by atoms with Crippen molar-refractivity contribution in [3.63, 3.8) is 0 Å². The maximum atomic E-state index is 5.93. The second kappa shape index (κ2) is 8.18. The summed E-state index contributed by atoms with van der Waals surface area (Å²) in [6.07, 6.45) is 2.33. The first-order valence-electron chi connectivity index (χ1n) is 6.76. The van der Waals surface area contributed by atoms with Crippen molar-refractivity contribution in [3.05, 3.63) is 5.28 Å². The molecule has 20 heavy (non-hydrogen) atoms. The zero-order valence-electron chi connectivity index (χ0n) is 11.6. The third-order valence-corrected chi connectivity index (χ3v) is 3.12. The van der Waals surface area contributed by atoms with E-state index in [1.165, 1.54) is 12.8 Å². The highest BCUT2D eigenvalue weighted by Crippen LogP contribution is 2.18. The van der Waals surface area contributed by atoms with Crippen LogP contribution in [-0.2, 0) is 9.47 Å². The van der Waals surface area contributed by atoms with Gasteiger partial charge in [-0.25, -0.2) is 0 Å². The summed E-state index contributed by atoms with van der Waals surface area (Å²) in [7, 11) is 1.65. The molecular weight excluding hydrogens is 282 g/mol. The molecule has 1 N–H and O–H groups in total. The molecule has 0 radical (unpaired) electrons. The number of halogens is 1. The zero-order chi connectivity index (χ0) is 14.2. The predicted octanol–water partition coefficient (Wildman–Crippen LogP) is 1.20. The lowest BCUT2D eigenvalue weighted by atomic mass is 10.4. The fraction of sp³-hybridized carbons (Fsp3) is 0.750. The Hall–Kier alpha value is -1.18. The minimum Gasteiger partial charge on any atom is -0.382 e. The van der Waals surface area contributed by atoms with Crippen molar-refractivity contribution in [1.29, 1.82) is 0 Å². The van der Waals surface area contributed by atoms with E-state index in [9.17, 15) is 0 Å². The second-order valence-electron chi connectivity index (χ2n) is 4.45. The van der Waals surface area contributed by atoms with E-state index >= 15 is 0 Å². The lowest BCUT2D eigenvalue weighted by Gasteiger charge is -2.15. The topological polar surface area (TPSA) is 72.4 Å². The molecule has 0 spiro atoms. The molecule has 0 amide bonds. The number of hydrogen-bond donors (Lipinski definition) is 1. The Morgan fingerprint density at radius 3 is 2.70 bits per heavy atom. The average molecular weight is 302 g/mol. The van der Waals surface area contributed by atoms with Crippen LogP contribution in [0.2, 0.25) is 5.28 Å². The smallest absolute Gasteiger partial charge is 0.231 e. The van der Waals surface area contributed by atoms with Crippen molar-refractivity contribution >= 4 is 23.5 Å². The first kappa shape index (κ1) is 15.2. The van der Waals surface area contributed by atoms with Gasteiger partial charge in [-0.1, -0.05) is 0 Å². The largest absolute Gasteiger partial charge is 0.382 e. The molecule has 2 heterocycles. The molecule has 7 nitrogen and oxygen atoms in total. The normalized spacial score (nSPS) is 14.8. The van der Waals surface area contributed by atoms with Gasteiger partial charge in [0.05, 0.1) is 19.8 Å². The average Bonchev–Trinajstić information content (AvgIpc) is 2.96. The Balaban J connectivity index is 1.81. The molecule has 1 aromatic rings. The van der Waals surface area contributed by atoms with Crippen molar-refractivity contribution < 1.29 is 9.47 Å². The van der Waals surface area contributed by atoms with Gasteiger partial charge < -0.3 is 19.7 Å². The predicted molar refractivity (Wildman–Crippen MR) is 77.5 cm³/mol. The van der Waals surface area contributed by atoms with Gasteiger partial charge in [-0.15, -0.1) is 0 Å². The quantitative estimate of drug-likeness (QED) is 0.723. The molecule has 112 valence electrons. The number of aromatic nitrogens is 3. The van der Waals surface area contributed by atoms with Gasteiger partial charge in [0.15, 0.2) is 0 Å². The Kier molecular flexibility index (Phi) is 6.23. The van der Waals surface area contributed by atoms with Gasteiger partial charge in [-0.05, 0) is 24.4 Å². The molecular formula is C12H20ClN5O2. The van der Waals surface area contributed by atoms with Crippen LogP contribution in [0.25, 0.3) is 0 Å². The van der Waals surface area contributed by atoms with Crippen LogP contribution in [0, 0.1) is 0 Å². The summed E-state index contributed by atoms with van der Waals surface area (Å²) >= 11 is 5.93. The standard InChI is InChI=1S/C12H20ClN5O2/c1-19-8-9-20-7-4-14-11-15-10(13)16-12(17-11)18-5-2-3-6-18/h2-9H2,1H3,(H,14,15,16,17). The number of anilines is 2. The van der Waals surface area contributed by atoms with Crippen LogP contribution in [0.3, 0.4) is 0 Å². The van der Waals surface area contributed by atoms with Crippen LogP contribution < -0.4 is 10.2 Å². The third-order valence-electron chi connectivity index (χ3n) is 2.95. The number of methoxy groups -OCH3 is 1. The van der Waals surface area contributed by atoms with Gasteiger partial charge >= 0.3 is 0 Å². The first-order chi connectivity index (χ1) is 9.79. The monoisotopic (exact) mass is 301 g/mol. The number of ether oxygens (including phenoxy) is 2. The third kappa shape index (κ3) is 4.73. The van der Waals surface area contributed by atoms with Crippen LogP contribution in [0.1, 0.15) is 12.8 Å². The van der Waals surface area contributed by atoms with E-state index < -0.39 is 0 Å². The number of nitrogens with zero attached hydrogens (tertiary/aromatic N) is 4. The first-order valence-corrected chi connectivity index (χ1v) is 7.14. The molecule has 1 aromatic heterocycles. The Morgan fingerprint density at radius 2 is 1.95 bits per heavy atom. The highest BCUT2D eigenvalue weighted by atomic mass is 35.5. The van der Waals surface area contributed by atoms with Gasteiger partial charge in [0, 0.05) is 26.7 Å².